The molecule has 1 aliphatic rings. The maximum Gasteiger partial charge on any atom is 0.257 e. The van der Waals surface area contributed by atoms with Crippen molar-refractivity contribution in [1.29, 1.82) is 0 Å². The molecule has 2 aromatic carbocycles. The van der Waals surface area contributed by atoms with Crippen LogP contribution in [0.4, 0.5) is 8.78 Å². The summed E-state index contributed by atoms with van der Waals surface area (Å²) >= 11 is 0. The molecule has 1 saturated heterocycles. The molecule has 0 unspecified atom stereocenters. The minimum absolute atomic E-state index is 0.0477. The Morgan fingerprint density at radius 1 is 0.935 bits per heavy atom. The molecule has 160 valence electrons. The summed E-state index contributed by atoms with van der Waals surface area (Å²) in [6.45, 7) is 1.30. The first-order valence-corrected chi connectivity index (χ1v) is 9.70. The zero-order valence-electron chi connectivity index (χ0n) is 16.8. The van der Waals surface area contributed by atoms with E-state index in [-0.39, 0.29) is 34.4 Å². The van der Waals surface area contributed by atoms with E-state index in [9.17, 15) is 23.5 Å². The van der Waals surface area contributed by atoms with E-state index in [4.69, 9.17) is 0 Å². The third-order valence-corrected chi connectivity index (χ3v) is 5.21. The van der Waals surface area contributed by atoms with Crippen LogP contribution in [-0.4, -0.2) is 62.7 Å². The number of aryl methyl sites for hydroxylation is 1. The predicted molar refractivity (Wildman–Crippen MR) is 108 cm³/mol. The Balaban J connectivity index is 1.49. The van der Waals surface area contributed by atoms with Crippen molar-refractivity contribution in [2.45, 2.75) is 0 Å². The van der Waals surface area contributed by atoms with Crippen LogP contribution >= 0.6 is 0 Å². The molecule has 4 rings (SSSR count). The van der Waals surface area contributed by atoms with Crippen molar-refractivity contribution in [3.63, 3.8) is 0 Å². The second kappa shape index (κ2) is 8.17. The summed E-state index contributed by atoms with van der Waals surface area (Å²) in [5.41, 5.74) is 0.865. The number of piperazine rings is 1. The van der Waals surface area contributed by atoms with Crippen molar-refractivity contribution in [3.8, 4) is 17.0 Å². The quantitative estimate of drug-likeness (QED) is 0.699. The number of halogens is 2. The Bertz CT molecular complexity index is 1140. The largest absolute Gasteiger partial charge is 0.508 e. The van der Waals surface area contributed by atoms with Crippen LogP contribution in [0.2, 0.25) is 0 Å². The Labute approximate surface area is 177 Å². The summed E-state index contributed by atoms with van der Waals surface area (Å²) in [6, 6.07) is 9.14. The third-order valence-electron chi connectivity index (χ3n) is 5.21. The molecule has 1 N–H and O–H groups in total. The third kappa shape index (κ3) is 4.11. The lowest BCUT2D eigenvalue weighted by molar-refractivity contribution is 0.0536. The molecule has 0 saturated carbocycles. The van der Waals surface area contributed by atoms with E-state index in [1.54, 1.807) is 29.0 Å². The zero-order chi connectivity index (χ0) is 22.1. The van der Waals surface area contributed by atoms with E-state index in [0.29, 0.717) is 31.7 Å². The monoisotopic (exact) mass is 426 g/mol. The van der Waals surface area contributed by atoms with Gasteiger partial charge in [-0.1, -0.05) is 0 Å². The SMILES string of the molecule is Cn1cc(C(=O)N2CCN(C(=O)c3ccc(O)cc3)CC2)c(-c2ccc(F)cc2F)n1. The van der Waals surface area contributed by atoms with Gasteiger partial charge in [0.1, 0.15) is 23.1 Å². The molecule has 0 radical (unpaired) electrons. The highest BCUT2D eigenvalue weighted by Gasteiger charge is 2.29. The number of benzene rings is 2. The second-order valence-corrected chi connectivity index (χ2v) is 7.32. The highest BCUT2D eigenvalue weighted by Crippen LogP contribution is 2.27. The van der Waals surface area contributed by atoms with Crippen LogP contribution in [0.1, 0.15) is 20.7 Å². The lowest BCUT2D eigenvalue weighted by Crippen LogP contribution is -2.50. The smallest absolute Gasteiger partial charge is 0.257 e. The van der Waals surface area contributed by atoms with Crippen molar-refractivity contribution in [3.05, 3.63) is 71.4 Å². The fourth-order valence-corrected chi connectivity index (χ4v) is 3.59. The average molecular weight is 426 g/mol. The maximum absolute atomic E-state index is 14.3. The van der Waals surface area contributed by atoms with Gasteiger partial charge in [-0.3, -0.25) is 14.3 Å². The fourth-order valence-electron chi connectivity index (χ4n) is 3.59. The van der Waals surface area contributed by atoms with Gasteiger partial charge in [-0.15, -0.1) is 0 Å². The zero-order valence-corrected chi connectivity index (χ0v) is 16.8. The Morgan fingerprint density at radius 3 is 2.16 bits per heavy atom. The molecule has 2 amide bonds. The minimum atomic E-state index is -0.794. The van der Waals surface area contributed by atoms with Crippen LogP contribution in [0.3, 0.4) is 0 Å². The minimum Gasteiger partial charge on any atom is -0.508 e. The van der Waals surface area contributed by atoms with Gasteiger partial charge >= 0.3 is 0 Å². The van der Waals surface area contributed by atoms with E-state index >= 15 is 0 Å². The van der Waals surface area contributed by atoms with Gasteiger partial charge in [-0.2, -0.15) is 5.10 Å². The predicted octanol–water partition coefficient (Wildman–Crippen LogP) is 2.67. The summed E-state index contributed by atoms with van der Waals surface area (Å²) < 4.78 is 29.0. The van der Waals surface area contributed by atoms with E-state index < -0.39 is 11.6 Å². The molecule has 0 atom stereocenters. The lowest BCUT2D eigenvalue weighted by atomic mass is 10.1. The van der Waals surface area contributed by atoms with Gasteiger partial charge in [-0.05, 0) is 36.4 Å². The molecule has 0 aliphatic carbocycles. The van der Waals surface area contributed by atoms with Gasteiger partial charge in [0, 0.05) is 56.6 Å². The molecule has 1 aromatic heterocycles. The molecular weight excluding hydrogens is 406 g/mol. The van der Waals surface area contributed by atoms with Crippen molar-refractivity contribution in [2.75, 3.05) is 26.2 Å². The topological polar surface area (TPSA) is 78.7 Å². The van der Waals surface area contributed by atoms with Gasteiger partial charge in [0.05, 0.1) is 5.56 Å². The Morgan fingerprint density at radius 2 is 1.55 bits per heavy atom. The molecule has 31 heavy (non-hydrogen) atoms. The molecule has 7 nitrogen and oxygen atoms in total. The van der Waals surface area contributed by atoms with Crippen molar-refractivity contribution >= 4 is 11.8 Å². The number of carbonyl (C=O) groups excluding carboxylic acids is 2. The number of rotatable bonds is 3. The van der Waals surface area contributed by atoms with Crippen LogP contribution in [-0.2, 0) is 7.05 Å². The van der Waals surface area contributed by atoms with Crippen molar-refractivity contribution in [1.82, 2.24) is 19.6 Å². The summed E-state index contributed by atoms with van der Waals surface area (Å²) in [4.78, 5) is 29.0. The average Bonchev–Trinajstić information content (AvgIpc) is 3.14. The van der Waals surface area contributed by atoms with Crippen LogP contribution in [0.15, 0.2) is 48.7 Å². The van der Waals surface area contributed by atoms with Gasteiger partial charge in [0.15, 0.2) is 0 Å². The molecule has 2 heterocycles. The van der Waals surface area contributed by atoms with Crippen LogP contribution < -0.4 is 0 Å². The molecular formula is C22H20F2N4O3. The molecule has 9 heteroatoms. The van der Waals surface area contributed by atoms with Gasteiger partial charge in [-0.25, -0.2) is 8.78 Å². The van der Waals surface area contributed by atoms with E-state index in [2.05, 4.69) is 5.10 Å². The highest BCUT2D eigenvalue weighted by atomic mass is 19.1. The Kier molecular flexibility index (Phi) is 5.41. The molecule has 0 spiro atoms. The number of hydrogen-bond acceptors (Lipinski definition) is 4. The number of amides is 2. The summed E-state index contributed by atoms with van der Waals surface area (Å²) in [5.74, 6) is -1.93. The fraction of sp³-hybridized carbons (Fsp3) is 0.227. The van der Waals surface area contributed by atoms with E-state index in [1.807, 2.05) is 0 Å². The van der Waals surface area contributed by atoms with Crippen LogP contribution in [0, 0.1) is 11.6 Å². The van der Waals surface area contributed by atoms with E-state index in [0.717, 1.165) is 12.1 Å². The molecule has 0 bridgehead atoms. The number of carbonyl (C=O) groups is 2. The molecule has 1 aliphatic heterocycles. The van der Waals surface area contributed by atoms with Gasteiger partial charge in [0.2, 0.25) is 0 Å². The normalized spacial score (nSPS) is 14.0. The second-order valence-electron chi connectivity index (χ2n) is 7.32. The lowest BCUT2D eigenvalue weighted by Gasteiger charge is -2.34. The van der Waals surface area contributed by atoms with Crippen molar-refractivity contribution < 1.29 is 23.5 Å². The maximum atomic E-state index is 14.3. The first-order chi connectivity index (χ1) is 14.8. The summed E-state index contributed by atoms with van der Waals surface area (Å²) in [6.07, 6.45) is 1.51. The number of nitrogens with zero attached hydrogens (tertiary/aromatic N) is 4. The Hall–Kier alpha value is -3.75. The number of hydrogen-bond donors (Lipinski definition) is 1. The van der Waals surface area contributed by atoms with Gasteiger partial charge in [0.25, 0.3) is 11.8 Å². The highest BCUT2D eigenvalue weighted by molar-refractivity contribution is 6.00. The molecule has 3 aromatic rings. The summed E-state index contributed by atoms with van der Waals surface area (Å²) in [5, 5.41) is 13.6. The number of aromatic hydroxyl groups is 1. The van der Waals surface area contributed by atoms with Gasteiger partial charge < -0.3 is 14.9 Å². The standard InChI is InChI=1S/C22H20F2N4O3/c1-26-13-18(20(25-26)17-7-4-15(23)12-19(17)24)22(31)28-10-8-27(9-11-28)21(30)14-2-5-16(29)6-3-14/h2-7,12-13,29H,8-11H2,1H3. The van der Waals surface area contributed by atoms with Crippen LogP contribution in [0.25, 0.3) is 11.3 Å². The van der Waals surface area contributed by atoms with Crippen LogP contribution in [0.5, 0.6) is 5.75 Å². The van der Waals surface area contributed by atoms with E-state index in [1.165, 1.54) is 29.1 Å². The first kappa shape index (κ1) is 20.5. The molecule has 1 fully saturated rings. The van der Waals surface area contributed by atoms with Crippen molar-refractivity contribution in [2.24, 2.45) is 7.05 Å². The number of phenols is 1. The first-order valence-electron chi connectivity index (χ1n) is 9.70. The number of phenolic OH excluding ortho intramolecular Hbond substituents is 1. The number of aromatic nitrogens is 2. The summed E-state index contributed by atoms with van der Waals surface area (Å²) in [7, 11) is 1.62.